The Labute approximate surface area is 200 Å². The molecule has 174 valence electrons. The number of aromatic nitrogens is 1. The number of hydrogen-bond acceptors (Lipinski definition) is 5. The van der Waals surface area contributed by atoms with Gasteiger partial charge in [0.15, 0.2) is 11.5 Å². The highest BCUT2D eigenvalue weighted by atomic mass is 32.1. The molecule has 0 saturated heterocycles. The summed E-state index contributed by atoms with van der Waals surface area (Å²) in [6.45, 7) is 0.335. The minimum atomic E-state index is -0.547. The van der Waals surface area contributed by atoms with E-state index in [-0.39, 0.29) is 18.1 Å². The number of halogens is 2. The van der Waals surface area contributed by atoms with Gasteiger partial charge in [0.2, 0.25) is 0 Å². The van der Waals surface area contributed by atoms with E-state index in [2.05, 4.69) is 4.98 Å². The van der Waals surface area contributed by atoms with Gasteiger partial charge < -0.3 is 14.4 Å². The van der Waals surface area contributed by atoms with Gasteiger partial charge in [-0.3, -0.25) is 4.79 Å². The molecule has 0 N–H and O–H groups in total. The summed E-state index contributed by atoms with van der Waals surface area (Å²) in [4.78, 5) is 18.9. The van der Waals surface area contributed by atoms with Gasteiger partial charge in [0.1, 0.15) is 28.9 Å². The first-order valence-corrected chi connectivity index (χ1v) is 11.3. The van der Waals surface area contributed by atoms with Gasteiger partial charge in [0.05, 0.1) is 7.11 Å². The molecule has 0 unspecified atom stereocenters. The van der Waals surface area contributed by atoms with Crippen LogP contribution in [0.15, 0.2) is 72.1 Å². The van der Waals surface area contributed by atoms with Crippen LogP contribution < -0.4 is 9.47 Å². The number of rotatable bonds is 8. The van der Waals surface area contributed by atoms with E-state index < -0.39 is 11.6 Å². The first-order chi connectivity index (χ1) is 16.4. The third kappa shape index (κ3) is 5.40. The Bertz CT molecular complexity index is 1290. The van der Waals surface area contributed by atoms with E-state index in [0.29, 0.717) is 28.7 Å². The highest BCUT2D eigenvalue weighted by Crippen LogP contribution is 2.34. The van der Waals surface area contributed by atoms with Crippen LogP contribution in [-0.4, -0.2) is 29.9 Å². The van der Waals surface area contributed by atoms with Crippen molar-refractivity contribution in [1.82, 2.24) is 9.88 Å². The molecule has 4 aromatic rings. The number of methoxy groups -OCH3 is 1. The van der Waals surface area contributed by atoms with Crippen molar-refractivity contribution < 1.29 is 23.0 Å². The zero-order valence-electron chi connectivity index (χ0n) is 18.6. The van der Waals surface area contributed by atoms with Crippen molar-refractivity contribution in [1.29, 1.82) is 0 Å². The van der Waals surface area contributed by atoms with Gasteiger partial charge in [-0.05, 0) is 42.0 Å². The van der Waals surface area contributed by atoms with E-state index in [0.717, 1.165) is 29.3 Å². The van der Waals surface area contributed by atoms with Gasteiger partial charge in [0.25, 0.3) is 5.91 Å². The van der Waals surface area contributed by atoms with E-state index in [1.165, 1.54) is 18.4 Å². The van der Waals surface area contributed by atoms with Crippen molar-refractivity contribution in [3.63, 3.8) is 0 Å². The first-order valence-electron chi connectivity index (χ1n) is 10.4. The molecule has 34 heavy (non-hydrogen) atoms. The fraction of sp³-hybridized carbons (Fsp3) is 0.154. The third-order valence-corrected chi connectivity index (χ3v) is 6.03. The summed E-state index contributed by atoms with van der Waals surface area (Å²) < 4.78 is 38.3. The van der Waals surface area contributed by atoms with E-state index in [9.17, 15) is 13.6 Å². The van der Waals surface area contributed by atoms with Gasteiger partial charge in [-0.1, -0.05) is 30.3 Å². The number of hydrogen-bond donors (Lipinski definition) is 0. The van der Waals surface area contributed by atoms with Gasteiger partial charge in [-0.15, -0.1) is 11.3 Å². The number of nitrogens with zero attached hydrogens (tertiary/aromatic N) is 2. The van der Waals surface area contributed by atoms with Gasteiger partial charge in [-0.25, -0.2) is 13.8 Å². The Morgan fingerprint density at radius 1 is 1.03 bits per heavy atom. The largest absolute Gasteiger partial charge is 0.493 e. The van der Waals surface area contributed by atoms with Crippen LogP contribution in [-0.2, 0) is 13.2 Å². The van der Waals surface area contributed by atoms with Crippen molar-refractivity contribution >= 4 is 17.2 Å². The normalized spacial score (nSPS) is 10.7. The molecule has 0 saturated carbocycles. The van der Waals surface area contributed by atoms with Crippen molar-refractivity contribution in [2.24, 2.45) is 0 Å². The van der Waals surface area contributed by atoms with Crippen LogP contribution in [0.5, 0.6) is 11.5 Å². The maximum Gasteiger partial charge on any atom is 0.273 e. The SMILES string of the molecule is COc1cc(-c2nc(C(=O)N(C)Cc3ccccc3)cs2)ccc1OCc1cc(F)ccc1F. The molecule has 0 aliphatic carbocycles. The van der Waals surface area contributed by atoms with Crippen molar-refractivity contribution in [2.45, 2.75) is 13.2 Å². The number of benzene rings is 3. The van der Waals surface area contributed by atoms with Crippen LogP contribution in [0.2, 0.25) is 0 Å². The summed E-state index contributed by atoms with van der Waals surface area (Å²) in [5.41, 5.74) is 2.25. The summed E-state index contributed by atoms with van der Waals surface area (Å²) in [5.74, 6) is -0.459. The van der Waals surface area contributed by atoms with Crippen LogP contribution in [0, 0.1) is 11.6 Å². The molecule has 0 radical (unpaired) electrons. The highest BCUT2D eigenvalue weighted by Gasteiger charge is 2.17. The zero-order chi connectivity index (χ0) is 24.1. The minimum absolute atomic E-state index is 0.105. The number of amides is 1. The molecule has 5 nitrogen and oxygen atoms in total. The molecule has 0 aliphatic rings. The lowest BCUT2D eigenvalue weighted by Crippen LogP contribution is -2.26. The molecule has 3 aromatic carbocycles. The number of carbonyl (C=O) groups is 1. The monoisotopic (exact) mass is 480 g/mol. The predicted octanol–water partition coefficient (Wildman–Crippen LogP) is 5.95. The fourth-order valence-electron chi connectivity index (χ4n) is 3.36. The van der Waals surface area contributed by atoms with Gasteiger partial charge in [-0.2, -0.15) is 0 Å². The Morgan fingerprint density at radius 2 is 1.82 bits per heavy atom. The number of thiazole rings is 1. The van der Waals surface area contributed by atoms with E-state index in [1.54, 1.807) is 35.5 Å². The maximum absolute atomic E-state index is 13.9. The summed E-state index contributed by atoms with van der Waals surface area (Å²) in [6.07, 6.45) is 0. The molecule has 0 fully saturated rings. The molecule has 8 heteroatoms. The lowest BCUT2D eigenvalue weighted by molar-refractivity contribution is 0.0780. The molecule has 1 heterocycles. The van der Waals surface area contributed by atoms with Crippen LogP contribution in [0.4, 0.5) is 8.78 Å². The van der Waals surface area contributed by atoms with Crippen LogP contribution >= 0.6 is 11.3 Å². The molecular weight excluding hydrogens is 458 g/mol. The molecule has 0 spiro atoms. The average Bonchev–Trinajstić information content (AvgIpc) is 3.35. The topological polar surface area (TPSA) is 51.7 Å². The standard InChI is InChI=1S/C26H22F2N2O3S/c1-30(14-17-6-4-3-5-7-17)26(31)22-16-34-25(29-22)18-8-11-23(24(13-18)32-2)33-15-19-12-20(27)9-10-21(19)28/h3-13,16H,14-15H2,1-2H3. The smallest absolute Gasteiger partial charge is 0.273 e. The fourth-order valence-corrected chi connectivity index (χ4v) is 4.15. The minimum Gasteiger partial charge on any atom is -0.493 e. The lowest BCUT2D eigenvalue weighted by Gasteiger charge is -2.15. The second kappa shape index (κ2) is 10.4. The average molecular weight is 481 g/mol. The molecule has 0 bridgehead atoms. The lowest BCUT2D eigenvalue weighted by atomic mass is 10.2. The Kier molecular flexibility index (Phi) is 7.18. The Balaban J connectivity index is 1.47. The summed E-state index contributed by atoms with van der Waals surface area (Å²) in [5, 5.41) is 2.38. The predicted molar refractivity (Wildman–Crippen MR) is 127 cm³/mol. The molecule has 4 rings (SSSR count). The first kappa shape index (κ1) is 23.4. The van der Waals surface area contributed by atoms with Crippen molar-refractivity contribution in [2.75, 3.05) is 14.2 Å². The zero-order valence-corrected chi connectivity index (χ0v) is 19.4. The van der Waals surface area contributed by atoms with Gasteiger partial charge in [0, 0.05) is 30.1 Å². The molecule has 1 amide bonds. The van der Waals surface area contributed by atoms with Crippen LogP contribution in [0.1, 0.15) is 21.6 Å². The van der Waals surface area contributed by atoms with Crippen molar-refractivity contribution in [3.05, 3.63) is 101 Å². The second-order valence-electron chi connectivity index (χ2n) is 7.57. The quantitative estimate of drug-likeness (QED) is 0.313. The number of carbonyl (C=O) groups excluding carboxylic acids is 1. The van der Waals surface area contributed by atoms with Crippen molar-refractivity contribution in [3.8, 4) is 22.1 Å². The van der Waals surface area contributed by atoms with E-state index in [1.807, 2.05) is 30.3 Å². The van der Waals surface area contributed by atoms with Crippen LogP contribution in [0.3, 0.4) is 0 Å². The van der Waals surface area contributed by atoms with E-state index >= 15 is 0 Å². The summed E-state index contributed by atoms with van der Waals surface area (Å²) in [6, 6.07) is 18.1. The summed E-state index contributed by atoms with van der Waals surface area (Å²) >= 11 is 1.35. The molecular formula is C26H22F2N2O3S. The van der Waals surface area contributed by atoms with Crippen LogP contribution in [0.25, 0.3) is 10.6 Å². The third-order valence-electron chi connectivity index (χ3n) is 5.13. The Morgan fingerprint density at radius 3 is 2.59 bits per heavy atom. The molecule has 1 aromatic heterocycles. The maximum atomic E-state index is 13.9. The molecule has 0 aliphatic heterocycles. The second-order valence-corrected chi connectivity index (χ2v) is 8.43. The molecule has 0 atom stereocenters. The van der Waals surface area contributed by atoms with Gasteiger partial charge >= 0.3 is 0 Å². The highest BCUT2D eigenvalue weighted by molar-refractivity contribution is 7.13. The Hall–Kier alpha value is -3.78. The number of ether oxygens (including phenoxy) is 2. The van der Waals surface area contributed by atoms with E-state index in [4.69, 9.17) is 9.47 Å². The summed E-state index contributed by atoms with van der Waals surface area (Å²) in [7, 11) is 3.23.